The van der Waals surface area contributed by atoms with Gasteiger partial charge >= 0.3 is 0 Å². The van der Waals surface area contributed by atoms with Crippen molar-refractivity contribution in [2.24, 2.45) is 0 Å². The fraction of sp³-hybridized carbons (Fsp3) is 0.167. The molecule has 3 rings (SSSR count). The Morgan fingerprint density at radius 3 is 2.48 bits per heavy atom. The first-order valence-corrected chi connectivity index (χ1v) is 7.47. The van der Waals surface area contributed by atoms with Gasteiger partial charge in [0.25, 0.3) is 11.7 Å². The predicted molar refractivity (Wildman–Crippen MR) is 89.5 cm³/mol. The van der Waals surface area contributed by atoms with Crippen LogP contribution in [0.2, 0.25) is 0 Å². The van der Waals surface area contributed by atoms with Gasteiger partial charge in [-0.15, -0.1) is 0 Å². The molecule has 0 aliphatic rings. The molecular weight excluding hydrogens is 290 g/mol. The lowest BCUT2D eigenvalue weighted by Crippen LogP contribution is -2.24. The van der Waals surface area contributed by atoms with Gasteiger partial charge in [-0.05, 0) is 26.0 Å². The first-order valence-electron chi connectivity index (χ1n) is 7.47. The highest BCUT2D eigenvalue weighted by molar-refractivity contribution is 6.46. The molecule has 0 spiro atoms. The monoisotopic (exact) mass is 307 g/mol. The van der Waals surface area contributed by atoms with E-state index in [2.05, 4.69) is 10.3 Å². The summed E-state index contributed by atoms with van der Waals surface area (Å²) in [4.78, 5) is 28.8. The van der Waals surface area contributed by atoms with Crippen molar-refractivity contribution in [2.75, 3.05) is 5.32 Å². The van der Waals surface area contributed by atoms with Crippen molar-refractivity contribution in [3.8, 4) is 0 Å². The van der Waals surface area contributed by atoms with Crippen LogP contribution in [0.5, 0.6) is 0 Å². The fourth-order valence-corrected chi connectivity index (χ4v) is 2.49. The summed E-state index contributed by atoms with van der Waals surface area (Å²) in [5.74, 6) is -0.863. The maximum absolute atomic E-state index is 12.2. The Labute approximate surface area is 134 Å². The van der Waals surface area contributed by atoms with Gasteiger partial charge in [-0.25, -0.2) is 4.98 Å². The predicted octanol–water partition coefficient (Wildman–Crippen LogP) is 3.19. The average Bonchev–Trinajstić information content (AvgIpc) is 2.91. The largest absolute Gasteiger partial charge is 0.310 e. The number of Topliss-reactive ketones (excluding diaryl/α,β-unsaturated/α-hetero) is 1. The molecule has 0 atom stereocenters. The number of hydrogen-bond acceptors (Lipinski definition) is 3. The van der Waals surface area contributed by atoms with Gasteiger partial charge in [-0.1, -0.05) is 42.0 Å². The Morgan fingerprint density at radius 2 is 1.78 bits per heavy atom. The van der Waals surface area contributed by atoms with Crippen LogP contribution in [0.3, 0.4) is 0 Å². The van der Waals surface area contributed by atoms with Crippen molar-refractivity contribution in [2.45, 2.75) is 20.4 Å². The Morgan fingerprint density at radius 1 is 1.09 bits per heavy atom. The number of fused-ring (bicyclic) bond motifs is 1. The van der Waals surface area contributed by atoms with E-state index in [0.29, 0.717) is 18.1 Å². The van der Waals surface area contributed by atoms with Crippen LogP contribution in [0.4, 0.5) is 5.95 Å². The summed E-state index contributed by atoms with van der Waals surface area (Å²) in [6.07, 6.45) is 0. The minimum absolute atomic E-state index is 0.368. The lowest BCUT2D eigenvalue weighted by Gasteiger charge is -2.07. The van der Waals surface area contributed by atoms with E-state index in [1.807, 2.05) is 54.8 Å². The van der Waals surface area contributed by atoms with Gasteiger partial charge in [-0.2, -0.15) is 0 Å². The van der Waals surface area contributed by atoms with E-state index in [1.54, 1.807) is 12.1 Å². The normalized spacial score (nSPS) is 10.7. The Balaban J connectivity index is 1.88. The van der Waals surface area contributed by atoms with E-state index in [-0.39, 0.29) is 0 Å². The second-order valence-corrected chi connectivity index (χ2v) is 5.32. The standard InChI is InChI=1S/C18H17N3O2/c1-3-21-15-7-5-4-6-14(15)19-18(21)20-17(23)16(22)13-10-8-12(2)9-11-13/h4-11H,3H2,1-2H3,(H,19,20,23). The van der Waals surface area contributed by atoms with Gasteiger partial charge in [0.1, 0.15) is 0 Å². The number of aryl methyl sites for hydroxylation is 2. The third kappa shape index (κ3) is 2.85. The quantitative estimate of drug-likeness (QED) is 0.595. The molecule has 3 aromatic rings. The van der Waals surface area contributed by atoms with Gasteiger partial charge in [-0.3, -0.25) is 14.9 Å². The number of ketones is 1. The number of carbonyl (C=O) groups is 2. The Kier molecular flexibility index (Phi) is 3.93. The zero-order chi connectivity index (χ0) is 16.4. The molecule has 116 valence electrons. The molecule has 0 aliphatic carbocycles. The topological polar surface area (TPSA) is 64.0 Å². The molecule has 0 radical (unpaired) electrons. The van der Waals surface area contributed by atoms with E-state index in [9.17, 15) is 9.59 Å². The third-order valence-electron chi connectivity index (χ3n) is 3.72. The van der Waals surface area contributed by atoms with Crippen molar-refractivity contribution in [1.29, 1.82) is 0 Å². The molecule has 0 bridgehead atoms. The van der Waals surface area contributed by atoms with Crippen LogP contribution in [0.25, 0.3) is 11.0 Å². The minimum atomic E-state index is -0.682. The molecule has 0 aliphatic heterocycles. The van der Waals surface area contributed by atoms with Crippen molar-refractivity contribution in [3.63, 3.8) is 0 Å². The summed E-state index contributed by atoms with van der Waals surface area (Å²) in [7, 11) is 0. The number of rotatable bonds is 4. The maximum Gasteiger partial charge on any atom is 0.299 e. The number of imidazole rings is 1. The van der Waals surface area contributed by atoms with E-state index < -0.39 is 11.7 Å². The number of amides is 1. The molecule has 0 fully saturated rings. The van der Waals surface area contributed by atoms with Crippen LogP contribution in [0.15, 0.2) is 48.5 Å². The van der Waals surface area contributed by atoms with Gasteiger partial charge in [0, 0.05) is 12.1 Å². The molecule has 1 heterocycles. The molecule has 5 nitrogen and oxygen atoms in total. The molecule has 23 heavy (non-hydrogen) atoms. The Bertz CT molecular complexity index is 879. The fourth-order valence-electron chi connectivity index (χ4n) is 2.49. The summed E-state index contributed by atoms with van der Waals surface area (Å²) < 4.78 is 1.87. The second kappa shape index (κ2) is 6.04. The van der Waals surface area contributed by atoms with Gasteiger partial charge in [0.05, 0.1) is 11.0 Å². The van der Waals surface area contributed by atoms with Crippen molar-refractivity contribution >= 4 is 28.7 Å². The van der Waals surface area contributed by atoms with E-state index in [0.717, 1.165) is 16.6 Å². The van der Waals surface area contributed by atoms with E-state index >= 15 is 0 Å². The number of anilines is 1. The molecule has 0 saturated heterocycles. The van der Waals surface area contributed by atoms with Crippen molar-refractivity contribution in [1.82, 2.24) is 9.55 Å². The van der Waals surface area contributed by atoms with E-state index in [1.165, 1.54) is 0 Å². The molecular formula is C18H17N3O2. The van der Waals surface area contributed by atoms with Gasteiger partial charge in [0.15, 0.2) is 0 Å². The summed E-state index contributed by atoms with van der Waals surface area (Å²) in [5, 5.41) is 2.63. The SMILES string of the molecule is CCn1c(NC(=O)C(=O)c2ccc(C)cc2)nc2ccccc21. The molecule has 5 heteroatoms. The molecule has 0 unspecified atom stereocenters. The maximum atomic E-state index is 12.2. The average molecular weight is 307 g/mol. The highest BCUT2D eigenvalue weighted by atomic mass is 16.2. The van der Waals surface area contributed by atoms with Crippen LogP contribution in [-0.4, -0.2) is 21.2 Å². The number of carbonyl (C=O) groups excluding carboxylic acids is 2. The number of para-hydroxylation sites is 2. The number of aromatic nitrogens is 2. The van der Waals surface area contributed by atoms with Crippen LogP contribution < -0.4 is 5.32 Å². The highest BCUT2D eigenvalue weighted by Gasteiger charge is 2.19. The molecule has 1 N–H and O–H groups in total. The first kappa shape index (κ1) is 15.0. The summed E-state index contributed by atoms with van der Waals surface area (Å²) in [6, 6.07) is 14.5. The second-order valence-electron chi connectivity index (χ2n) is 5.32. The van der Waals surface area contributed by atoms with Crippen molar-refractivity contribution < 1.29 is 9.59 Å². The third-order valence-corrected chi connectivity index (χ3v) is 3.72. The van der Waals surface area contributed by atoms with Crippen molar-refractivity contribution in [3.05, 3.63) is 59.7 Å². The molecule has 2 aromatic carbocycles. The lowest BCUT2D eigenvalue weighted by atomic mass is 10.1. The van der Waals surface area contributed by atoms with Gasteiger partial charge in [0.2, 0.25) is 5.95 Å². The van der Waals surface area contributed by atoms with Crippen LogP contribution in [0, 0.1) is 6.92 Å². The highest BCUT2D eigenvalue weighted by Crippen LogP contribution is 2.19. The summed E-state index contributed by atoms with van der Waals surface area (Å²) >= 11 is 0. The first-order chi connectivity index (χ1) is 11.1. The summed E-state index contributed by atoms with van der Waals surface area (Å²) in [5.41, 5.74) is 3.11. The zero-order valence-corrected chi connectivity index (χ0v) is 13.0. The molecule has 1 aromatic heterocycles. The zero-order valence-electron chi connectivity index (χ0n) is 13.0. The summed E-state index contributed by atoms with van der Waals surface area (Å²) in [6.45, 7) is 4.54. The smallest absolute Gasteiger partial charge is 0.299 e. The van der Waals surface area contributed by atoms with E-state index in [4.69, 9.17) is 0 Å². The molecule has 1 amide bonds. The molecule has 0 saturated carbocycles. The number of nitrogens with one attached hydrogen (secondary N) is 1. The van der Waals surface area contributed by atoms with Crippen LogP contribution in [0.1, 0.15) is 22.8 Å². The Hall–Kier alpha value is -2.95. The lowest BCUT2D eigenvalue weighted by molar-refractivity contribution is -0.112. The number of nitrogens with zero attached hydrogens (tertiary/aromatic N) is 2. The van der Waals surface area contributed by atoms with Crippen LogP contribution >= 0.6 is 0 Å². The number of hydrogen-bond donors (Lipinski definition) is 1. The number of benzene rings is 2. The van der Waals surface area contributed by atoms with Crippen LogP contribution in [-0.2, 0) is 11.3 Å². The minimum Gasteiger partial charge on any atom is -0.310 e. The van der Waals surface area contributed by atoms with Gasteiger partial charge < -0.3 is 4.57 Å².